The molecule has 0 radical (unpaired) electrons. The van der Waals surface area contributed by atoms with Crippen molar-refractivity contribution in [3.05, 3.63) is 51.8 Å². The van der Waals surface area contributed by atoms with Crippen LogP contribution in [-0.2, 0) is 11.3 Å². The summed E-state index contributed by atoms with van der Waals surface area (Å²) in [6.45, 7) is 3.29. The van der Waals surface area contributed by atoms with E-state index in [9.17, 15) is 14.0 Å². The monoisotopic (exact) mass is 399 g/mol. The highest BCUT2D eigenvalue weighted by Gasteiger charge is 2.28. The predicted octanol–water partition coefficient (Wildman–Crippen LogP) is 2.26. The lowest BCUT2D eigenvalue weighted by Gasteiger charge is -2.15. The molecule has 9 heteroatoms. The van der Waals surface area contributed by atoms with Gasteiger partial charge in [0.25, 0.3) is 5.56 Å². The van der Waals surface area contributed by atoms with Gasteiger partial charge in [0.2, 0.25) is 5.91 Å². The minimum atomic E-state index is -0.502. The fourth-order valence-electron chi connectivity index (χ4n) is 3.43. The normalized spacial score (nSPS) is 14.8. The molecule has 0 unspecified atom stereocenters. The number of hydrogen-bond donors (Lipinski definition) is 1. The van der Waals surface area contributed by atoms with Crippen molar-refractivity contribution in [2.75, 3.05) is 7.11 Å². The number of nitrogens with zero attached hydrogens (tertiary/aromatic N) is 4. The number of ether oxygens (including phenoxy) is 1. The summed E-state index contributed by atoms with van der Waals surface area (Å²) in [7, 11) is 1.39. The van der Waals surface area contributed by atoms with Gasteiger partial charge in [-0.1, -0.05) is 6.07 Å². The number of benzene rings is 1. The van der Waals surface area contributed by atoms with E-state index >= 15 is 0 Å². The van der Waals surface area contributed by atoms with Crippen molar-refractivity contribution in [3.63, 3.8) is 0 Å². The number of carbonyl (C=O) groups excluding carboxylic acids is 1. The number of halogens is 1. The van der Waals surface area contributed by atoms with E-state index < -0.39 is 17.8 Å². The van der Waals surface area contributed by atoms with Crippen LogP contribution in [0, 0.1) is 12.7 Å². The lowest BCUT2D eigenvalue weighted by molar-refractivity contribution is -0.122. The van der Waals surface area contributed by atoms with Crippen LogP contribution in [0.25, 0.3) is 10.9 Å². The van der Waals surface area contributed by atoms with Crippen molar-refractivity contribution in [1.29, 1.82) is 0 Å². The van der Waals surface area contributed by atoms with Crippen molar-refractivity contribution < 1.29 is 13.9 Å². The molecular weight excluding hydrogens is 377 g/mol. The Balaban J connectivity index is 1.51. The number of hydrogen-bond acceptors (Lipinski definition) is 5. The molecule has 1 aliphatic rings. The Labute approximate surface area is 166 Å². The highest BCUT2D eigenvalue weighted by Crippen LogP contribution is 2.36. The number of rotatable bonds is 6. The first-order chi connectivity index (χ1) is 13.9. The molecule has 1 amide bonds. The van der Waals surface area contributed by atoms with Gasteiger partial charge in [0.1, 0.15) is 6.54 Å². The first-order valence-corrected chi connectivity index (χ1v) is 9.46. The Morgan fingerprint density at radius 1 is 1.41 bits per heavy atom. The number of carbonyl (C=O) groups is 1. The van der Waals surface area contributed by atoms with E-state index in [4.69, 9.17) is 4.74 Å². The van der Waals surface area contributed by atoms with Crippen LogP contribution in [0.2, 0.25) is 0 Å². The van der Waals surface area contributed by atoms with Gasteiger partial charge in [-0.3, -0.25) is 14.3 Å². The average Bonchev–Trinajstić information content (AvgIpc) is 3.47. The van der Waals surface area contributed by atoms with E-state index in [0.29, 0.717) is 28.2 Å². The minimum Gasteiger partial charge on any atom is -0.494 e. The summed E-state index contributed by atoms with van der Waals surface area (Å²) in [5.74, 6) is -0.758. The van der Waals surface area contributed by atoms with Crippen molar-refractivity contribution in [2.24, 2.45) is 0 Å². The van der Waals surface area contributed by atoms with Crippen LogP contribution in [0.4, 0.5) is 4.39 Å². The van der Waals surface area contributed by atoms with Gasteiger partial charge >= 0.3 is 0 Å². The third kappa shape index (κ3) is 3.59. The molecule has 1 saturated carbocycles. The molecule has 152 valence electrons. The number of nitrogens with one attached hydrogen (secondary N) is 1. The summed E-state index contributed by atoms with van der Waals surface area (Å²) in [6, 6.07) is 4.39. The van der Waals surface area contributed by atoms with Gasteiger partial charge in [0, 0.05) is 0 Å². The van der Waals surface area contributed by atoms with Gasteiger partial charge in [-0.25, -0.2) is 9.07 Å². The standard InChI is InChI=1S/C20H22FN5O3/c1-11(13-4-7-17(29-3)15(21)8-13)23-18(27)10-25-20(28)19-12(2)24-26(14-5-6-14)16(19)9-22-25/h4,7-9,11,14H,5-6,10H2,1-3H3,(H,23,27)/t11-/m0/s1. The van der Waals surface area contributed by atoms with Crippen LogP contribution in [0.1, 0.15) is 43.1 Å². The maximum atomic E-state index is 13.9. The summed E-state index contributed by atoms with van der Waals surface area (Å²) < 4.78 is 21.8. The van der Waals surface area contributed by atoms with Crippen LogP contribution in [0.5, 0.6) is 5.75 Å². The van der Waals surface area contributed by atoms with Crippen molar-refractivity contribution in [3.8, 4) is 5.75 Å². The van der Waals surface area contributed by atoms with E-state index in [-0.39, 0.29) is 17.9 Å². The largest absolute Gasteiger partial charge is 0.494 e. The molecule has 1 N–H and O–H groups in total. The number of aromatic nitrogens is 4. The van der Waals surface area contributed by atoms with Crippen LogP contribution in [0.15, 0.2) is 29.2 Å². The number of amides is 1. The SMILES string of the molecule is COc1ccc([C@H](C)NC(=O)Cn2ncc3c(c(C)nn3C3CC3)c2=O)cc1F. The summed E-state index contributed by atoms with van der Waals surface area (Å²) in [4.78, 5) is 25.3. The van der Waals surface area contributed by atoms with Crippen LogP contribution in [0.3, 0.4) is 0 Å². The number of aryl methyl sites for hydroxylation is 1. The van der Waals surface area contributed by atoms with Crippen molar-refractivity contribution >= 4 is 16.8 Å². The first-order valence-electron chi connectivity index (χ1n) is 9.46. The van der Waals surface area contributed by atoms with Gasteiger partial charge in [0.05, 0.1) is 42.0 Å². The van der Waals surface area contributed by atoms with Gasteiger partial charge < -0.3 is 10.1 Å². The van der Waals surface area contributed by atoms with Gasteiger partial charge in [-0.05, 0) is 44.4 Å². The van der Waals surface area contributed by atoms with Crippen LogP contribution < -0.4 is 15.6 Å². The van der Waals surface area contributed by atoms with Crippen LogP contribution >= 0.6 is 0 Å². The molecule has 2 aromatic heterocycles. The van der Waals surface area contributed by atoms with Gasteiger partial charge in [-0.2, -0.15) is 10.2 Å². The second-order valence-corrected chi connectivity index (χ2v) is 7.31. The van der Waals surface area contributed by atoms with E-state index in [0.717, 1.165) is 17.5 Å². The highest BCUT2D eigenvalue weighted by molar-refractivity contribution is 5.81. The van der Waals surface area contributed by atoms with E-state index in [1.165, 1.54) is 19.2 Å². The molecule has 1 aliphatic carbocycles. The second kappa shape index (κ2) is 7.31. The quantitative estimate of drug-likeness (QED) is 0.687. The molecule has 1 aromatic carbocycles. The molecule has 4 rings (SSSR count). The lowest BCUT2D eigenvalue weighted by Crippen LogP contribution is -2.35. The molecule has 1 fully saturated rings. The Hall–Kier alpha value is -3.23. The zero-order chi connectivity index (χ0) is 20.7. The molecule has 0 saturated heterocycles. The summed E-state index contributed by atoms with van der Waals surface area (Å²) in [5, 5.41) is 11.9. The summed E-state index contributed by atoms with van der Waals surface area (Å²) in [5.41, 5.74) is 1.59. The summed E-state index contributed by atoms with van der Waals surface area (Å²) in [6.07, 6.45) is 3.68. The van der Waals surface area contributed by atoms with E-state index in [1.807, 2.05) is 4.68 Å². The molecule has 29 heavy (non-hydrogen) atoms. The topological polar surface area (TPSA) is 91.0 Å². The fraction of sp³-hybridized carbons (Fsp3) is 0.400. The second-order valence-electron chi connectivity index (χ2n) is 7.31. The Bertz CT molecular complexity index is 1150. The Morgan fingerprint density at radius 2 is 2.17 bits per heavy atom. The molecule has 1 atom stereocenters. The third-order valence-corrected chi connectivity index (χ3v) is 5.13. The molecule has 0 bridgehead atoms. The molecule has 8 nitrogen and oxygen atoms in total. The Morgan fingerprint density at radius 3 is 2.83 bits per heavy atom. The van der Waals surface area contributed by atoms with E-state index in [2.05, 4.69) is 15.5 Å². The smallest absolute Gasteiger partial charge is 0.278 e. The van der Waals surface area contributed by atoms with Gasteiger partial charge in [0.15, 0.2) is 11.6 Å². The highest BCUT2D eigenvalue weighted by atomic mass is 19.1. The molecular formula is C20H22FN5O3. The zero-order valence-corrected chi connectivity index (χ0v) is 16.5. The minimum absolute atomic E-state index is 0.137. The first kappa shape index (κ1) is 19.1. The zero-order valence-electron chi connectivity index (χ0n) is 16.5. The predicted molar refractivity (Wildman–Crippen MR) is 104 cm³/mol. The molecule has 3 aromatic rings. The summed E-state index contributed by atoms with van der Waals surface area (Å²) >= 11 is 0. The number of fused-ring (bicyclic) bond motifs is 1. The average molecular weight is 399 g/mol. The molecule has 0 spiro atoms. The van der Waals surface area contributed by atoms with Crippen molar-refractivity contribution in [1.82, 2.24) is 24.9 Å². The van der Waals surface area contributed by atoms with E-state index in [1.54, 1.807) is 26.1 Å². The number of methoxy groups -OCH3 is 1. The van der Waals surface area contributed by atoms with Crippen LogP contribution in [-0.4, -0.2) is 32.6 Å². The fourth-order valence-corrected chi connectivity index (χ4v) is 3.43. The molecule has 0 aliphatic heterocycles. The van der Waals surface area contributed by atoms with Crippen molar-refractivity contribution in [2.45, 2.75) is 45.3 Å². The maximum Gasteiger partial charge on any atom is 0.278 e. The van der Waals surface area contributed by atoms with Gasteiger partial charge in [-0.15, -0.1) is 0 Å². The lowest BCUT2D eigenvalue weighted by atomic mass is 10.1. The molecule has 2 heterocycles. The Kier molecular flexibility index (Phi) is 4.81. The third-order valence-electron chi connectivity index (χ3n) is 5.13. The maximum absolute atomic E-state index is 13.9.